The van der Waals surface area contributed by atoms with E-state index in [4.69, 9.17) is 0 Å². The molecule has 0 amide bonds. The second-order valence-corrected chi connectivity index (χ2v) is 10.9. The van der Waals surface area contributed by atoms with Gasteiger partial charge in [-0.1, -0.05) is 121 Å². The van der Waals surface area contributed by atoms with Crippen LogP contribution in [0.25, 0.3) is 0 Å². The largest absolute Gasteiger partial charge is 0.484 e. The summed E-state index contributed by atoms with van der Waals surface area (Å²) in [5.74, 6) is -0.385. The van der Waals surface area contributed by atoms with Crippen LogP contribution < -0.4 is 36.6 Å². The molecule has 5 aromatic rings. The van der Waals surface area contributed by atoms with Crippen LogP contribution in [0.3, 0.4) is 0 Å². The van der Waals surface area contributed by atoms with E-state index >= 15 is 0 Å². The molecule has 0 radical (unpaired) electrons. The van der Waals surface area contributed by atoms with Crippen LogP contribution in [0.15, 0.2) is 140 Å². The fourth-order valence-corrected chi connectivity index (χ4v) is 5.65. The number of halogens is 6. The minimum absolute atomic E-state index is 0.193. The first-order chi connectivity index (χ1) is 21.0. The zero-order valence-electron chi connectivity index (χ0n) is 23.6. The molecule has 1 atom stereocenters. The maximum Gasteiger partial charge on any atom is 0.422 e. The van der Waals surface area contributed by atoms with Gasteiger partial charge >= 0.3 is 12.4 Å². The lowest BCUT2D eigenvalue weighted by atomic mass is 9.13. The fourth-order valence-electron chi connectivity index (χ4n) is 5.25. The van der Waals surface area contributed by atoms with Gasteiger partial charge in [0.2, 0.25) is 0 Å². The Morgan fingerprint density at radius 3 is 0.977 bits per heavy atom. The van der Waals surface area contributed by atoms with Crippen LogP contribution in [0.4, 0.5) is 26.3 Å². The Morgan fingerprint density at radius 2 is 0.727 bits per heavy atom. The van der Waals surface area contributed by atoms with E-state index in [1.807, 2.05) is 0 Å². The molecule has 228 valence electrons. The second kappa shape index (κ2) is 14.5. The summed E-state index contributed by atoms with van der Waals surface area (Å²) in [6.07, 6.45) is -10.2. The molecule has 0 aliphatic carbocycles. The van der Waals surface area contributed by atoms with Crippen molar-refractivity contribution < 1.29 is 35.8 Å². The maximum atomic E-state index is 11.9. The van der Waals surface area contributed by atoms with E-state index in [0.29, 0.717) is 5.30 Å². The summed E-state index contributed by atoms with van der Waals surface area (Å²) >= 11 is 0. The van der Waals surface area contributed by atoms with Gasteiger partial charge in [0.1, 0.15) is 17.6 Å². The van der Waals surface area contributed by atoms with Crippen LogP contribution in [0.5, 0.6) is 11.5 Å². The van der Waals surface area contributed by atoms with E-state index in [-0.39, 0.29) is 11.5 Å². The number of ether oxygens (including phenoxy) is 2. The monoisotopic (exact) mass is 626 g/mol. The third kappa shape index (κ3) is 8.90. The molecule has 1 unspecified atom stereocenters. The molecule has 5 aromatic carbocycles. The minimum atomic E-state index is -4.51. The summed E-state index contributed by atoms with van der Waals surface area (Å²) in [5, 5.41) is 0.455. The van der Waals surface area contributed by atoms with Gasteiger partial charge in [-0.15, -0.1) is 0 Å². The van der Waals surface area contributed by atoms with Crippen LogP contribution in [-0.4, -0.2) is 31.7 Å². The van der Waals surface area contributed by atoms with E-state index in [1.165, 1.54) is 43.2 Å². The average Bonchev–Trinajstić information content (AvgIpc) is 3.01. The maximum absolute atomic E-state index is 11.9. The van der Waals surface area contributed by atoms with Crippen LogP contribution in [0.1, 0.15) is 0 Å². The van der Waals surface area contributed by atoms with Crippen molar-refractivity contribution in [1.82, 2.24) is 0 Å². The van der Waals surface area contributed by atoms with Gasteiger partial charge in [0.15, 0.2) is 13.2 Å². The molecule has 0 spiro atoms. The molecule has 0 aromatic heterocycles. The van der Waals surface area contributed by atoms with Crippen molar-refractivity contribution in [3.63, 3.8) is 0 Å². The first-order valence-electron chi connectivity index (χ1n) is 13.7. The van der Waals surface area contributed by atoms with E-state index in [9.17, 15) is 26.3 Å². The normalized spacial score (nSPS) is 11.8. The molecular weight excluding hydrogens is 596 g/mol. The summed E-state index contributed by atoms with van der Waals surface area (Å²) in [7, 11) is 1.29. The van der Waals surface area contributed by atoms with Gasteiger partial charge in [-0.05, 0) is 0 Å². The number of hydrogen-bond donors (Lipinski definition) is 0. The minimum Gasteiger partial charge on any atom is -0.484 e. The van der Waals surface area contributed by atoms with Crippen LogP contribution in [0, 0.1) is 0 Å². The quantitative estimate of drug-likeness (QED) is 0.122. The predicted molar refractivity (Wildman–Crippen MR) is 170 cm³/mol. The van der Waals surface area contributed by atoms with Gasteiger partial charge in [-0.25, -0.2) is 0 Å². The Balaban J connectivity index is 0.000000210. The van der Waals surface area contributed by atoms with E-state index in [2.05, 4.69) is 131 Å². The van der Waals surface area contributed by atoms with Gasteiger partial charge in [0.25, 0.3) is 0 Å². The van der Waals surface area contributed by atoms with Crippen molar-refractivity contribution in [2.24, 2.45) is 0 Å². The van der Waals surface area contributed by atoms with Gasteiger partial charge in [0.05, 0.1) is 5.30 Å². The second-order valence-electron chi connectivity index (χ2n) is 10.1. The molecule has 5 rings (SSSR count). The molecule has 0 saturated carbocycles. The van der Waals surface area contributed by atoms with Crippen molar-refractivity contribution >= 4 is 42.5 Å². The Kier molecular flexibility index (Phi) is 10.8. The van der Waals surface area contributed by atoms with Crippen LogP contribution in [0.2, 0.25) is 0 Å². The van der Waals surface area contributed by atoms with E-state index in [1.54, 1.807) is 0 Å². The predicted octanol–water partition coefficient (Wildman–Crippen LogP) is 5.87. The summed E-state index contributed by atoms with van der Waals surface area (Å²) in [5.41, 5.74) is 5.36. The molecule has 0 heterocycles. The highest BCUT2D eigenvalue weighted by Crippen LogP contribution is 2.24. The molecule has 0 aliphatic heterocycles. The Labute approximate surface area is 254 Å². The third-order valence-electron chi connectivity index (χ3n) is 6.94. The molecular formula is C34H30BF6O2P. The van der Waals surface area contributed by atoms with Crippen molar-refractivity contribution in [1.29, 1.82) is 0 Å². The third-order valence-corrected chi connectivity index (χ3v) is 7.35. The van der Waals surface area contributed by atoms with Crippen molar-refractivity contribution in [2.45, 2.75) is 12.4 Å². The topological polar surface area (TPSA) is 18.5 Å². The summed E-state index contributed by atoms with van der Waals surface area (Å²) in [6.45, 7) is -3.03. The molecule has 0 fully saturated rings. The molecule has 2 nitrogen and oxygen atoms in total. The highest BCUT2D eigenvalue weighted by Gasteiger charge is 2.31. The standard InChI is InChI=1S/C24H20B.C10H9F6O2P/c1-5-13-21(14-6-1)25(22-15-7-2-8-16-22,23-17-9-3-10-18-23)24-19-11-4-12-20-24;11-9(12,13)4-17-6-1-7(3-8(19)2-6)18-5-10(14,15)16/h1-20H;1-3H,4-5,19H2/q-1;/p+1. The Hall–Kier alpha value is -4.23. The lowest BCUT2D eigenvalue weighted by Gasteiger charge is -2.44. The van der Waals surface area contributed by atoms with Gasteiger partial charge < -0.3 is 9.47 Å². The Bertz CT molecular complexity index is 1380. The smallest absolute Gasteiger partial charge is 0.422 e. The number of rotatable bonds is 8. The van der Waals surface area contributed by atoms with Gasteiger partial charge in [-0.3, -0.25) is 0 Å². The molecule has 10 heteroatoms. The summed E-state index contributed by atoms with van der Waals surface area (Å²) < 4.78 is 80.5. The van der Waals surface area contributed by atoms with Crippen molar-refractivity contribution in [3.8, 4) is 11.5 Å². The average molecular weight is 626 g/mol. The molecule has 0 N–H and O–H groups in total. The lowest BCUT2D eigenvalue weighted by Crippen LogP contribution is -2.74. The first-order valence-corrected chi connectivity index (χ1v) is 14.4. The molecule has 0 saturated heterocycles. The van der Waals surface area contributed by atoms with E-state index in [0.717, 1.165) is 6.07 Å². The van der Waals surface area contributed by atoms with Crippen LogP contribution in [-0.2, 0) is 0 Å². The molecule has 0 bridgehead atoms. The lowest BCUT2D eigenvalue weighted by molar-refractivity contribution is -0.153. The fraction of sp³-hybridized carbons (Fsp3) is 0.118. The Morgan fingerprint density at radius 1 is 0.455 bits per heavy atom. The number of hydrogen-bond acceptors (Lipinski definition) is 2. The highest BCUT2D eigenvalue weighted by molar-refractivity contribution is 7.27. The van der Waals surface area contributed by atoms with Crippen molar-refractivity contribution in [3.05, 3.63) is 140 Å². The SMILES string of the molecule is FC(F)(F)COc1cc([PH3+])cc(OCC(F)(F)F)c1.c1ccc([B-](c2ccccc2)(c2ccccc2)c2ccccc2)cc1. The number of benzene rings is 5. The zero-order chi connectivity index (χ0) is 31.6. The summed E-state index contributed by atoms with van der Waals surface area (Å²) in [4.78, 5) is 0. The molecule has 44 heavy (non-hydrogen) atoms. The highest BCUT2D eigenvalue weighted by atomic mass is 31.0. The van der Waals surface area contributed by atoms with Gasteiger partial charge in [-0.2, -0.15) is 48.2 Å². The zero-order valence-corrected chi connectivity index (χ0v) is 25.0. The molecule has 0 aliphatic rings. The van der Waals surface area contributed by atoms with Crippen molar-refractivity contribution in [2.75, 3.05) is 13.2 Å². The van der Waals surface area contributed by atoms with E-state index < -0.39 is 31.7 Å². The summed E-state index contributed by atoms with van der Waals surface area (Å²) in [6, 6.07) is 47.1. The van der Waals surface area contributed by atoms with Crippen LogP contribution >= 0.6 is 9.24 Å². The first kappa shape index (κ1) is 32.7. The number of alkyl halides is 6. The van der Waals surface area contributed by atoms with Gasteiger partial charge in [0, 0.05) is 27.4 Å².